The number of benzene rings is 1. The molecule has 1 aromatic rings. The highest BCUT2D eigenvalue weighted by Gasteiger charge is 2.37. The Kier molecular flexibility index (Phi) is 4.38. The number of nitro benzene ring substituents is 1. The molecule has 2 unspecified atom stereocenters. The first-order valence-corrected chi connectivity index (χ1v) is 6.70. The van der Waals surface area contributed by atoms with Crippen LogP contribution < -0.4 is 10.1 Å². The smallest absolute Gasteiger partial charge is 0.313 e. The van der Waals surface area contributed by atoms with E-state index in [1.807, 2.05) is 0 Å². The largest absolute Gasteiger partial charge is 0.483 e. The molecular weight excluding hydrogens is 277 g/mol. The molecule has 1 aliphatic rings. The summed E-state index contributed by atoms with van der Waals surface area (Å²) in [6.45, 7) is 0. The number of hydrogen-bond donors (Lipinski definition) is 1. The molecule has 1 aliphatic carbocycles. The molecule has 0 amide bonds. The summed E-state index contributed by atoms with van der Waals surface area (Å²) in [4.78, 5) is 10.3. The van der Waals surface area contributed by atoms with Crippen molar-refractivity contribution in [1.82, 2.24) is 5.32 Å². The molecule has 21 heavy (non-hydrogen) atoms. The molecule has 0 aromatic heterocycles. The Hall–Kier alpha value is -2.20. The van der Waals surface area contributed by atoms with Crippen LogP contribution in [0.15, 0.2) is 18.2 Å². The van der Waals surface area contributed by atoms with Crippen molar-refractivity contribution in [3.63, 3.8) is 0 Å². The number of nitrogens with one attached hydrogen (secondary N) is 1. The van der Waals surface area contributed by atoms with Gasteiger partial charge in [-0.25, -0.2) is 4.39 Å². The van der Waals surface area contributed by atoms with Crippen molar-refractivity contribution >= 4 is 5.69 Å². The van der Waals surface area contributed by atoms with Gasteiger partial charge in [-0.1, -0.05) is 0 Å². The second-order valence-corrected chi connectivity index (χ2v) is 5.15. The first-order valence-electron chi connectivity index (χ1n) is 6.70. The van der Waals surface area contributed by atoms with Crippen molar-refractivity contribution in [3.05, 3.63) is 34.1 Å². The average Bonchev–Trinajstić information content (AvgIpc) is 2.49. The van der Waals surface area contributed by atoms with E-state index in [0.717, 1.165) is 18.6 Å². The van der Waals surface area contributed by atoms with Gasteiger partial charge in [-0.15, -0.1) is 0 Å². The van der Waals surface area contributed by atoms with E-state index in [0.29, 0.717) is 19.3 Å². The molecule has 112 valence electrons. The Labute approximate surface area is 121 Å². The summed E-state index contributed by atoms with van der Waals surface area (Å²) in [5, 5.41) is 23.2. The van der Waals surface area contributed by atoms with E-state index < -0.39 is 22.0 Å². The standard InChI is InChI=1S/C14H16FN3O3/c1-17-14(9-16)6-2-3-11(8-14)21-13-5-4-10(15)7-12(13)18(19)20/h4-5,7,11,17H,2-3,6,8H2,1H3. The van der Waals surface area contributed by atoms with E-state index in [1.165, 1.54) is 6.07 Å². The lowest BCUT2D eigenvalue weighted by molar-refractivity contribution is -0.386. The van der Waals surface area contributed by atoms with E-state index >= 15 is 0 Å². The number of hydrogen-bond acceptors (Lipinski definition) is 5. The Morgan fingerprint density at radius 1 is 1.62 bits per heavy atom. The van der Waals surface area contributed by atoms with Crippen molar-refractivity contribution in [2.45, 2.75) is 37.3 Å². The van der Waals surface area contributed by atoms with Gasteiger partial charge in [0.15, 0.2) is 5.75 Å². The molecule has 1 N–H and O–H groups in total. The summed E-state index contributed by atoms with van der Waals surface area (Å²) in [5.74, 6) is -0.643. The first kappa shape index (κ1) is 15.2. The van der Waals surface area contributed by atoms with Gasteiger partial charge in [0.2, 0.25) is 0 Å². The SMILES string of the molecule is CNC1(C#N)CCCC(Oc2ccc(F)cc2[N+](=O)[O-])C1. The molecule has 1 aromatic carbocycles. The fraction of sp³-hybridized carbons (Fsp3) is 0.500. The van der Waals surface area contributed by atoms with Crippen LogP contribution >= 0.6 is 0 Å². The highest BCUT2D eigenvalue weighted by molar-refractivity contribution is 5.46. The van der Waals surface area contributed by atoms with Gasteiger partial charge < -0.3 is 10.1 Å². The summed E-state index contributed by atoms with van der Waals surface area (Å²) in [7, 11) is 1.71. The monoisotopic (exact) mass is 293 g/mol. The Bertz CT molecular complexity index is 587. The van der Waals surface area contributed by atoms with Gasteiger partial charge >= 0.3 is 5.69 Å². The fourth-order valence-corrected chi connectivity index (χ4v) is 2.62. The molecule has 0 spiro atoms. The molecule has 1 saturated carbocycles. The Balaban J connectivity index is 2.19. The number of ether oxygens (including phenoxy) is 1. The van der Waals surface area contributed by atoms with E-state index in [2.05, 4.69) is 11.4 Å². The average molecular weight is 293 g/mol. The molecule has 6 nitrogen and oxygen atoms in total. The molecule has 1 fully saturated rings. The lowest BCUT2D eigenvalue weighted by atomic mass is 9.81. The predicted molar refractivity (Wildman–Crippen MR) is 73.3 cm³/mol. The normalized spacial score (nSPS) is 25.1. The maximum Gasteiger partial charge on any atom is 0.313 e. The number of nitrogens with zero attached hydrogens (tertiary/aromatic N) is 2. The van der Waals surface area contributed by atoms with Gasteiger partial charge in [-0.2, -0.15) is 5.26 Å². The van der Waals surface area contributed by atoms with Crippen LogP contribution in [-0.4, -0.2) is 23.6 Å². The molecule has 0 aliphatic heterocycles. The second kappa shape index (κ2) is 6.06. The second-order valence-electron chi connectivity index (χ2n) is 5.15. The lowest BCUT2D eigenvalue weighted by Gasteiger charge is -2.35. The number of halogens is 1. The van der Waals surface area contributed by atoms with E-state index in [1.54, 1.807) is 7.05 Å². The minimum atomic E-state index is -0.681. The van der Waals surface area contributed by atoms with Crippen molar-refractivity contribution < 1.29 is 14.1 Å². The van der Waals surface area contributed by atoms with Gasteiger partial charge in [0.1, 0.15) is 17.5 Å². The number of nitriles is 1. The van der Waals surface area contributed by atoms with Crippen LogP contribution in [0.3, 0.4) is 0 Å². The molecule has 2 atom stereocenters. The molecule has 0 heterocycles. The molecular formula is C14H16FN3O3. The quantitative estimate of drug-likeness (QED) is 0.680. The van der Waals surface area contributed by atoms with Gasteiger partial charge in [0, 0.05) is 6.42 Å². The van der Waals surface area contributed by atoms with Crippen molar-refractivity contribution in [2.75, 3.05) is 7.05 Å². The van der Waals surface area contributed by atoms with Gasteiger partial charge in [0.05, 0.1) is 17.1 Å². The van der Waals surface area contributed by atoms with Crippen molar-refractivity contribution in [2.24, 2.45) is 0 Å². The van der Waals surface area contributed by atoms with Gasteiger partial charge in [-0.3, -0.25) is 10.1 Å². The van der Waals surface area contributed by atoms with Gasteiger partial charge in [-0.05, 0) is 38.4 Å². The van der Waals surface area contributed by atoms with Crippen LogP contribution in [0.2, 0.25) is 0 Å². The Morgan fingerprint density at radius 3 is 3.00 bits per heavy atom. The van der Waals surface area contributed by atoms with Crippen LogP contribution in [0.1, 0.15) is 25.7 Å². The third-order valence-electron chi connectivity index (χ3n) is 3.81. The maximum absolute atomic E-state index is 13.1. The zero-order valence-corrected chi connectivity index (χ0v) is 11.6. The van der Waals surface area contributed by atoms with Crippen molar-refractivity contribution in [1.29, 1.82) is 5.26 Å². The third kappa shape index (κ3) is 3.28. The van der Waals surface area contributed by atoms with Crippen LogP contribution in [0, 0.1) is 27.3 Å². The van der Waals surface area contributed by atoms with Gasteiger partial charge in [0.25, 0.3) is 0 Å². The molecule has 0 radical (unpaired) electrons. The lowest BCUT2D eigenvalue weighted by Crippen LogP contribution is -2.48. The zero-order valence-electron chi connectivity index (χ0n) is 11.6. The Morgan fingerprint density at radius 2 is 2.38 bits per heavy atom. The van der Waals surface area contributed by atoms with E-state index in [4.69, 9.17) is 4.74 Å². The maximum atomic E-state index is 13.1. The summed E-state index contributed by atoms with van der Waals surface area (Å²) in [6, 6.07) is 5.47. The van der Waals surface area contributed by atoms with Crippen LogP contribution in [0.25, 0.3) is 0 Å². The highest BCUT2D eigenvalue weighted by atomic mass is 19.1. The summed E-state index contributed by atoms with van der Waals surface area (Å²) in [5.41, 5.74) is -1.06. The van der Waals surface area contributed by atoms with Crippen molar-refractivity contribution in [3.8, 4) is 11.8 Å². The molecule has 7 heteroatoms. The topological polar surface area (TPSA) is 88.2 Å². The van der Waals surface area contributed by atoms with Crippen LogP contribution in [0.4, 0.5) is 10.1 Å². The minimum absolute atomic E-state index is 0.0382. The molecule has 2 rings (SSSR count). The fourth-order valence-electron chi connectivity index (χ4n) is 2.62. The molecule has 0 saturated heterocycles. The van der Waals surface area contributed by atoms with E-state index in [9.17, 15) is 19.8 Å². The summed E-state index contributed by atoms with van der Waals surface area (Å²) >= 11 is 0. The van der Waals surface area contributed by atoms with E-state index in [-0.39, 0.29) is 11.9 Å². The van der Waals surface area contributed by atoms with Crippen LogP contribution in [0.5, 0.6) is 5.75 Å². The first-order chi connectivity index (χ1) is 9.99. The number of nitro groups is 1. The summed E-state index contributed by atoms with van der Waals surface area (Å²) in [6.07, 6.45) is 2.34. The summed E-state index contributed by atoms with van der Waals surface area (Å²) < 4.78 is 18.8. The minimum Gasteiger partial charge on any atom is -0.483 e. The zero-order chi connectivity index (χ0) is 15.5. The van der Waals surface area contributed by atoms with Crippen LogP contribution in [-0.2, 0) is 0 Å². The predicted octanol–water partition coefficient (Wildman–Crippen LogP) is 2.54. The number of rotatable bonds is 4. The molecule has 0 bridgehead atoms. The third-order valence-corrected chi connectivity index (χ3v) is 3.81. The highest BCUT2D eigenvalue weighted by Crippen LogP contribution is 2.34.